The molecule has 2 fully saturated rings. The fraction of sp³-hybridized carbons (Fsp3) is 0.480. The van der Waals surface area contributed by atoms with E-state index in [-0.39, 0.29) is 27.9 Å². The van der Waals surface area contributed by atoms with Crippen LogP contribution in [0.15, 0.2) is 47.6 Å². The molecule has 35 heavy (non-hydrogen) atoms. The zero-order valence-electron chi connectivity index (χ0n) is 20.0. The zero-order chi connectivity index (χ0) is 25.0. The van der Waals surface area contributed by atoms with Crippen molar-refractivity contribution >= 4 is 42.3 Å². The summed E-state index contributed by atoms with van der Waals surface area (Å²) in [6.07, 6.45) is 7.11. The van der Waals surface area contributed by atoms with Crippen LogP contribution in [0.25, 0.3) is 11.0 Å². The molecular formula is C25H32N4O4S2. The summed E-state index contributed by atoms with van der Waals surface area (Å²) in [5.41, 5.74) is 8.68. The quantitative estimate of drug-likeness (QED) is 0.464. The fourth-order valence-corrected chi connectivity index (χ4v) is 8.70. The van der Waals surface area contributed by atoms with Gasteiger partial charge in [0, 0.05) is 17.6 Å². The van der Waals surface area contributed by atoms with Crippen molar-refractivity contribution in [1.82, 2.24) is 8.96 Å². The van der Waals surface area contributed by atoms with Gasteiger partial charge in [-0.3, -0.25) is 0 Å². The average Bonchev–Trinajstić information content (AvgIpc) is 3.48. The van der Waals surface area contributed by atoms with E-state index < -0.39 is 19.9 Å². The molecule has 2 heterocycles. The van der Waals surface area contributed by atoms with Gasteiger partial charge in [-0.1, -0.05) is 31.0 Å². The lowest BCUT2D eigenvalue weighted by Gasteiger charge is -2.22. The van der Waals surface area contributed by atoms with Crippen molar-refractivity contribution in [2.75, 3.05) is 16.8 Å². The highest BCUT2D eigenvalue weighted by Crippen LogP contribution is 2.41. The van der Waals surface area contributed by atoms with Gasteiger partial charge in [0.2, 0.25) is 0 Å². The van der Waals surface area contributed by atoms with Gasteiger partial charge in [-0.25, -0.2) is 25.8 Å². The maximum absolute atomic E-state index is 13.3. The normalized spacial score (nSPS) is 23.1. The monoisotopic (exact) mass is 516 g/mol. The third-order valence-corrected chi connectivity index (χ3v) is 11.5. The summed E-state index contributed by atoms with van der Waals surface area (Å²) in [6, 6.07) is 8.49. The summed E-state index contributed by atoms with van der Waals surface area (Å²) in [6.45, 7) is 4.02. The van der Waals surface area contributed by atoms with E-state index in [1.165, 1.54) is 16.4 Å². The van der Waals surface area contributed by atoms with Crippen LogP contribution in [0.3, 0.4) is 0 Å². The highest BCUT2D eigenvalue weighted by molar-refractivity contribution is 7.92. The molecule has 0 amide bonds. The number of hydrogen-bond donors (Lipinski definition) is 2. The number of aryl methyl sites for hydroxylation is 1. The number of aromatic nitrogens is 2. The minimum absolute atomic E-state index is 0.0596. The van der Waals surface area contributed by atoms with Crippen molar-refractivity contribution in [3.8, 4) is 0 Å². The van der Waals surface area contributed by atoms with Gasteiger partial charge in [0.15, 0.2) is 15.5 Å². The third-order valence-electron chi connectivity index (χ3n) is 7.43. The summed E-state index contributed by atoms with van der Waals surface area (Å²) in [4.78, 5) is 4.54. The lowest BCUT2D eigenvalue weighted by molar-refractivity contribution is 0.476. The zero-order valence-corrected chi connectivity index (χ0v) is 21.6. The van der Waals surface area contributed by atoms with E-state index in [1.807, 2.05) is 6.92 Å². The number of nitrogens with two attached hydrogens (primary N) is 1. The highest BCUT2D eigenvalue weighted by atomic mass is 32.2. The molecule has 3 atom stereocenters. The molecule has 0 aliphatic heterocycles. The summed E-state index contributed by atoms with van der Waals surface area (Å²) in [7, 11) is -6.84. The Morgan fingerprint density at radius 3 is 2.46 bits per heavy atom. The van der Waals surface area contributed by atoms with Gasteiger partial charge in [0.1, 0.15) is 0 Å². The van der Waals surface area contributed by atoms with E-state index in [2.05, 4.69) is 17.2 Å². The first-order valence-corrected chi connectivity index (χ1v) is 15.3. The van der Waals surface area contributed by atoms with Crippen LogP contribution in [0, 0.1) is 18.8 Å². The number of sulfone groups is 1. The van der Waals surface area contributed by atoms with Crippen LogP contribution in [-0.4, -0.2) is 42.8 Å². The first-order valence-electron chi connectivity index (χ1n) is 12.2. The number of rotatable bonds is 8. The number of fused-ring (bicyclic) bond motifs is 1. The summed E-state index contributed by atoms with van der Waals surface area (Å²) in [5, 5.41) is 4.05. The van der Waals surface area contributed by atoms with E-state index in [9.17, 15) is 16.8 Å². The summed E-state index contributed by atoms with van der Waals surface area (Å²) in [5.74, 6) is 0.683. The third kappa shape index (κ3) is 4.53. The van der Waals surface area contributed by atoms with Crippen molar-refractivity contribution < 1.29 is 16.8 Å². The lowest BCUT2D eigenvalue weighted by atomic mass is 10.00. The number of nitrogen functional groups attached to an aromatic ring is 1. The molecule has 2 aliphatic rings. The fourth-order valence-electron chi connectivity index (χ4n) is 5.34. The van der Waals surface area contributed by atoms with Crippen LogP contribution >= 0.6 is 0 Å². The molecule has 3 aromatic rings. The molecular weight excluding hydrogens is 484 g/mol. The maximum Gasteiger partial charge on any atom is 0.269 e. The first kappa shape index (κ1) is 24.1. The van der Waals surface area contributed by atoms with Gasteiger partial charge in [-0.2, -0.15) is 0 Å². The van der Waals surface area contributed by atoms with E-state index in [0.717, 1.165) is 37.7 Å². The molecule has 0 radical (unpaired) electrons. The second-order valence-electron chi connectivity index (χ2n) is 10.0. The van der Waals surface area contributed by atoms with Gasteiger partial charge >= 0.3 is 0 Å². The van der Waals surface area contributed by atoms with Crippen molar-refractivity contribution in [2.45, 2.75) is 62.1 Å². The van der Waals surface area contributed by atoms with Crippen LogP contribution in [0.5, 0.6) is 0 Å². The number of nitrogens with one attached hydrogen (secondary N) is 1. The van der Waals surface area contributed by atoms with Crippen molar-refractivity contribution in [3.05, 3.63) is 48.3 Å². The van der Waals surface area contributed by atoms with Crippen LogP contribution in [-0.2, 0) is 19.9 Å². The maximum atomic E-state index is 13.3. The molecule has 2 saturated carbocycles. The predicted octanol–water partition coefficient (Wildman–Crippen LogP) is 3.96. The smallest absolute Gasteiger partial charge is 0.269 e. The molecule has 1 aromatic carbocycles. The van der Waals surface area contributed by atoms with Crippen LogP contribution in [0.1, 0.15) is 44.6 Å². The van der Waals surface area contributed by atoms with Gasteiger partial charge < -0.3 is 11.1 Å². The van der Waals surface area contributed by atoms with Crippen molar-refractivity contribution in [1.29, 1.82) is 0 Å². The topological polar surface area (TPSA) is 124 Å². The molecule has 0 saturated heterocycles. The largest absolute Gasteiger partial charge is 0.396 e. The van der Waals surface area contributed by atoms with Crippen LogP contribution in [0.2, 0.25) is 0 Å². The molecule has 5 rings (SSSR count). The molecule has 2 unspecified atom stereocenters. The van der Waals surface area contributed by atoms with Crippen molar-refractivity contribution in [3.63, 3.8) is 0 Å². The Labute approximate surface area is 206 Å². The van der Waals surface area contributed by atoms with E-state index in [1.54, 1.807) is 30.3 Å². The number of pyridine rings is 1. The molecule has 188 valence electrons. The number of benzene rings is 1. The molecule has 3 N–H and O–H groups in total. The average molecular weight is 517 g/mol. The number of hydrogen-bond acceptors (Lipinski definition) is 7. The second kappa shape index (κ2) is 8.81. The SMILES string of the molecule is CC[C@@H]1CC(CS(=O)(=O)C2CC2)CC1Nc1c(N)cnc2c1ccn2S(=O)(=O)c1ccc(C)cc1. The number of anilines is 2. The molecule has 2 aliphatic carbocycles. The summed E-state index contributed by atoms with van der Waals surface area (Å²) < 4.78 is 52.9. The first-order chi connectivity index (χ1) is 16.6. The predicted molar refractivity (Wildman–Crippen MR) is 139 cm³/mol. The molecule has 0 spiro atoms. The minimum atomic E-state index is -3.82. The van der Waals surface area contributed by atoms with Crippen LogP contribution in [0.4, 0.5) is 11.4 Å². The van der Waals surface area contributed by atoms with Gasteiger partial charge in [-0.15, -0.1) is 0 Å². The molecule has 10 heteroatoms. The summed E-state index contributed by atoms with van der Waals surface area (Å²) >= 11 is 0. The van der Waals surface area contributed by atoms with Gasteiger partial charge in [0.25, 0.3) is 10.0 Å². The second-order valence-corrected chi connectivity index (χ2v) is 14.2. The number of nitrogens with zero attached hydrogens (tertiary/aromatic N) is 2. The molecule has 0 bridgehead atoms. The Morgan fingerprint density at radius 1 is 1.09 bits per heavy atom. The Hall–Kier alpha value is -2.59. The molecule has 2 aromatic heterocycles. The Bertz CT molecular complexity index is 1460. The van der Waals surface area contributed by atoms with Gasteiger partial charge in [-0.05, 0) is 62.6 Å². The Balaban J connectivity index is 1.44. The Kier molecular flexibility index (Phi) is 6.07. The molecule has 8 nitrogen and oxygen atoms in total. The minimum Gasteiger partial charge on any atom is -0.396 e. The van der Waals surface area contributed by atoms with Crippen molar-refractivity contribution in [2.24, 2.45) is 11.8 Å². The highest BCUT2D eigenvalue weighted by Gasteiger charge is 2.41. The van der Waals surface area contributed by atoms with Gasteiger partial charge in [0.05, 0.1) is 33.5 Å². The van der Waals surface area contributed by atoms with E-state index in [4.69, 9.17) is 5.73 Å². The Morgan fingerprint density at radius 2 is 1.80 bits per heavy atom. The lowest BCUT2D eigenvalue weighted by Crippen LogP contribution is -2.25. The van der Waals surface area contributed by atoms with Crippen LogP contribution < -0.4 is 11.1 Å². The van der Waals surface area contributed by atoms with E-state index >= 15 is 0 Å². The van der Waals surface area contributed by atoms with E-state index in [0.29, 0.717) is 28.3 Å². The standard InChI is InChI=1S/C25H32N4O4S2/c1-3-18-12-17(15-34(30,31)19-8-9-19)13-23(18)28-24-21-10-11-29(25(21)27-14-22(24)26)35(32,33)20-6-4-16(2)5-7-20/h4-7,10-11,14,17-19,23H,3,8-9,12-13,15,26H2,1-2H3,(H,27,28)/t17?,18-,23?/m1/s1.